The zero-order chi connectivity index (χ0) is 12.3. The first-order chi connectivity index (χ1) is 6.62. The number of hydrogen-bond acceptors (Lipinski definition) is 0. The summed E-state index contributed by atoms with van der Waals surface area (Å²) in [4.78, 5) is -3.08. The maximum atomic E-state index is 4.02. The van der Waals surface area contributed by atoms with Crippen LogP contribution in [0.3, 0.4) is 0 Å². The van der Waals surface area contributed by atoms with Gasteiger partial charge in [-0.1, -0.05) is 26.7 Å². The van der Waals surface area contributed by atoms with Crippen LogP contribution in [-0.2, 0) is 0 Å². The molecule has 0 aliphatic rings. The van der Waals surface area contributed by atoms with Crippen molar-refractivity contribution in [2.75, 3.05) is 0 Å². The van der Waals surface area contributed by atoms with E-state index in [0.717, 1.165) is 0 Å². The Morgan fingerprint density at radius 2 is 0.933 bits per heavy atom. The van der Waals surface area contributed by atoms with Gasteiger partial charge in [0, 0.05) is 0 Å². The molecule has 0 atom stereocenters. The molecule has 0 rings (SSSR count). The van der Waals surface area contributed by atoms with Crippen molar-refractivity contribution in [2.24, 2.45) is 0 Å². The van der Waals surface area contributed by atoms with Crippen LogP contribution in [0.5, 0.6) is 0 Å². The smallest absolute Gasteiger partial charge is 0.114 e. The van der Waals surface area contributed by atoms with Gasteiger partial charge in [-0.3, -0.25) is 0 Å². The fourth-order valence-electron chi connectivity index (χ4n) is 1.21. The normalized spacial score (nSPS) is 14.4. The van der Waals surface area contributed by atoms with Crippen LogP contribution in [0.4, 0.5) is 0 Å². The Morgan fingerprint density at radius 3 is 1.13 bits per heavy atom. The highest BCUT2D eigenvalue weighted by Gasteiger charge is 2.62. The molecule has 0 aliphatic heterocycles. The van der Waals surface area contributed by atoms with Crippen molar-refractivity contribution < 1.29 is 0 Å². The van der Waals surface area contributed by atoms with E-state index in [-0.39, 0.29) is 0 Å². The summed E-state index contributed by atoms with van der Waals surface area (Å²) in [6, 6.07) is 2.48. The third-order valence-corrected chi connectivity index (χ3v) is 123. The molecular weight excluding hydrogens is 636 g/mol. The van der Waals surface area contributed by atoms with E-state index in [1.54, 1.807) is 0 Å². The standard InChI is InChI=1S/C6H14Br6Si3/c1-3-5-13(7,8)15(11,12)14(9,10)6-4-2/h3-6H2,1-2H3. The Balaban J connectivity index is 4.93. The zero-order valence-electron chi connectivity index (χ0n) is 8.60. The quantitative estimate of drug-likeness (QED) is 0.223. The summed E-state index contributed by atoms with van der Waals surface area (Å²) >= 11 is 23.9. The van der Waals surface area contributed by atoms with Gasteiger partial charge >= 0.3 is 0 Å². The Kier molecular flexibility index (Phi) is 9.08. The lowest BCUT2D eigenvalue weighted by atomic mass is 10.6. The Labute approximate surface area is 142 Å². The molecule has 0 aromatic heterocycles. The molecule has 0 N–H and O–H groups in total. The molecule has 0 bridgehead atoms. The summed E-state index contributed by atoms with van der Waals surface area (Å²) in [5, 5.41) is 0. The Morgan fingerprint density at radius 1 is 0.667 bits per heavy atom. The molecule has 0 aliphatic carbocycles. The van der Waals surface area contributed by atoms with Crippen molar-refractivity contribution in [1.29, 1.82) is 0 Å². The van der Waals surface area contributed by atoms with Crippen molar-refractivity contribution >= 4 is 106 Å². The number of rotatable bonds is 6. The Bertz CT molecular complexity index is 187. The second-order valence-electron chi connectivity index (χ2n) is 3.48. The summed E-state index contributed by atoms with van der Waals surface area (Å²) in [6.45, 7) is 4.47. The Hall–Kier alpha value is 3.53. The molecular formula is C6H14Br6Si3. The lowest BCUT2D eigenvalue weighted by Gasteiger charge is -2.38. The molecule has 0 aromatic rings. The van der Waals surface area contributed by atoms with Crippen LogP contribution in [0.2, 0.25) is 12.1 Å². The van der Waals surface area contributed by atoms with Crippen molar-refractivity contribution in [1.82, 2.24) is 0 Å². The molecule has 0 saturated carbocycles. The highest BCUT2D eigenvalue weighted by molar-refractivity contribution is 9.74. The average molecular weight is 650 g/mol. The lowest BCUT2D eigenvalue weighted by molar-refractivity contribution is 1.07. The first-order valence-electron chi connectivity index (χ1n) is 4.76. The van der Waals surface area contributed by atoms with Gasteiger partial charge in [0.2, 0.25) is 14.0 Å². The van der Waals surface area contributed by atoms with E-state index in [4.69, 9.17) is 0 Å². The first-order valence-corrected chi connectivity index (χ1v) is 26.7. The molecule has 9 heteroatoms. The summed E-state index contributed by atoms with van der Waals surface area (Å²) in [6.07, 6.45) is 2.43. The van der Waals surface area contributed by atoms with Gasteiger partial charge in [-0.25, -0.2) is 0 Å². The molecule has 0 aromatic carbocycles. The predicted octanol–water partition coefficient (Wildman–Crippen LogP) is 6.66. The van der Waals surface area contributed by atoms with Gasteiger partial charge in [0.1, 0.15) is 0 Å². The van der Waals surface area contributed by atoms with Crippen LogP contribution in [0.25, 0.3) is 0 Å². The van der Waals surface area contributed by atoms with Crippen LogP contribution < -0.4 is 0 Å². The van der Waals surface area contributed by atoms with E-state index in [9.17, 15) is 0 Å². The van der Waals surface area contributed by atoms with E-state index in [1.165, 1.54) is 24.9 Å². The van der Waals surface area contributed by atoms with Crippen molar-refractivity contribution in [3.05, 3.63) is 0 Å². The van der Waals surface area contributed by atoms with E-state index < -0.39 is 14.0 Å². The van der Waals surface area contributed by atoms with Crippen LogP contribution in [0, 0.1) is 0 Å². The van der Waals surface area contributed by atoms with Gasteiger partial charge in [-0.05, 0) is 12.1 Å². The van der Waals surface area contributed by atoms with Crippen LogP contribution in [0.15, 0.2) is 0 Å². The third-order valence-electron chi connectivity index (χ3n) is 2.05. The molecule has 92 valence electrons. The molecule has 0 radical (unpaired) electrons. The average Bonchev–Trinajstić information content (AvgIpc) is 2.03. The van der Waals surface area contributed by atoms with Crippen molar-refractivity contribution in [3.8, 4) is 0 Å². The second-order valence-corrected chi connectivity index (χ2v) is 70.1. The minimum Gasteiger partial charge on any atom is -0.114 e. The van der Waals surface area contributed by atoms with Crippen molar-refractivity contribution in [2.45, 2.75) is 38.8 Å². The van der Waals surface area contributed by atoms with E-state index >= 15 is 0 Å². The van der Waals surface area contributed by atoms with Crippen LogP contribution in [0.1, 0.15) is 26.7 Å². The molecule has 0 fully saturated rings. The van der Waals surface area contributed by atoms with Crippen LogP contribution >= 0.6 is 91.8 Å². The van der Waals surface area contributed by atoms with Gasteiger partial charge < -0.3 is 0 Å². The molecule has 0 unspecified atom stereocenters. The molecule has 0 spiro atoms. The fraction of sp³-hybridized carbons (Fsp3) is 1.00. The zero-order valence-corrected chi connectivity index (χ0v) is 21.1. The minimum atomic E-state index is -1.63. The molecule has 0 saturated heterocycles. The third kappa shape index (κ3) is 4.85. The van der Waals surface area contributed by atoms with Gasteiger partial charge in [-0.15, -0.1) is 91.8 Å². The number of halogens is 6. The fourth-order valence-corrected chi connectivity index (χ4v) is 92.9. The SMILES string of the molecule is CCC[Si](Br)(Br)[Si](Br)(Br)[Si](Br)(Br)CCC. The highest BCUT2D eigenvalue weighted by atomic mass is 79.9. The lowest BCUT2D eigenvalue weighted by Crippen LogP contribution is -2.60. The minimum absolute atomic E-state index is 1.21. The first kappa shape index (κ1) is 18.5. The van der Waals surface area contributed by atoms with Gasteiger partial charge in [0.15, 0.2) is 0 Å². The number of hydrogen-bond donors (Lipinski definition) is 0. The van der Waals surface area contributed by atoms with Gasteiger partial charge in [-0.2, -0.15) is 0 Å². The largest absolute Gasteiger partial charge is 0.231 e. The molecule has 0 amide bonds. The summed E-state index contributed by atoms with van der Waals surface area (Å²) in [5.74, 6) is 0. The van der Waals surface area contributed by atoms with Gasteiger partial charge in [0.05, 0.1) is 0 Å². The summed E-state index contributed by atoms with van der Waals surface area (Å²) in [5.41, 5.74) is 0. The van der Waals surface area contributed by atoms with E-state index in [1.807, 2.05) is 0 Å². The maximum Gasteiger partial charge on any atom is 0.231 e. The topological polar surface area (TPSA) is 0 Å². The molecule has 0 heterocycles. The summed E-state index contributed by atoms with van der Waals surface area (Å²) < 4.78 is -1.63. The molecule has 15 heavy (non-hydrogen) atoms. The van der Waals surface area contributed by atoms with E-state index in [2.05, 4.69) is 106 Å². The van der Waals surface area contributed by atoms with Gasteiger partial charge in [0.25, 0.3) is 0 Å². The van der Waals surface area contributed by atoms with E-state index in [0.29, 0.717) is 0 Å². The van der Waals surface area contributed by atoms with Crippen molar-refractivity contribution in [3.63, 3.8) is 0 Å². The second kappa shape index (κ2) is 7.35. The highest BCUT2D eigenvalue weighted by Crippen LogP contribution is 2.54. The predicted molar refractivity (Wildman–Crippen MR) is 101 cm³/mol. The molecule has 0 nitrogen and oxygen atoms in total. The monoisotopic (exact) mass is 644 g/mol. The maximum absolute atomic E-state index is 4.02. The summed E-state index contributed by atoms with van der Waals surface area (Å²) in [7, 11) is 0. The van der Waals surface area contributed by atoms with Crippen LogP contribution in [-0.4, -0.2) is 14.0 Å².